The van der Waals surface area contributed by atoms with Crippen LogP contribution < -0.4 is 0 Å². The van der Waals surface area contributed by atoms with E-state index in [-0.39, 0.29) is 0 Å². The lowest BCUT2D eigenvalue weighted by molar-refractivity contribution is 0.110. The molecule has 0 bridgehead atoms. The average Bonchev–Trinajstić information content (AvgIpc) is 3.40. The van der Waals surface area contributed by atoms with E-state index in [1.807, 2.05) is 22.9 Å². The van der Waals surface area contributed by atoms with Crippen molar-refractivity contribution in [3.05, 3.63) is 83.7 Å². The Kier molecular flexibility index (Phi) is 6.48. The second-order valence-electron chi connectivity index (χ2n) is 7.37. The number of hydrogen-bond donors (Lipinski definition) is 0. The molecule has 0 radical (unpaired) electrons. The summed E-state index contributed by atoms with van der Waals surface area (Å²) in [6, 6.07) is 21.6. The van der Waals surface area contributed by atoms with Crippen molar-refractivity contribution in [3.63, 3.8) is 0 Å². The minimum Gasteiger partial charge on any atom is -0.375 e. The Morgan fingerprint density at radius 1 is 0.964 bits per heavy atom. The Bertz CT molecular complexity index is 834. The van der Waals surface area contributed by atoms with Gasteiger partial charge in [-0.1, -0.05) is 65.9 Å². The molecule has 5 nitrogen and oxygen atoms in total. The zero-order chi connectivity index (χ0) is 19.0. The Morgan fingerprint density at radius 3 is 2.57 bits per heavy atom. The maximum Gasteiger partial charge on any atom is 0.0839 e. The lowest BCUT2D eigenvalue weighted by atomic mass is 10.0. The number of hydrogen-bond acceptors (Lipinski definition) is 4. The fourth-order valence-electron chi connectivity index (χ4n) is 3.89. The van der Waals surface area contributed by atoms with Crippen LogP contribution in [0.5, 0.6) is 0 Å². The standard InChI is InChI=1S/C23H28N4O/c1-3-8-20(9-4-1)19-28-17-16-27-18-22(24-25-27)13-15-26-14-7-12-23(26)21-10-5-2-6-11-21/h1-6,8-11,18,23H,7,12-17,19H2/t23-/m0/s1. The van der Waals surface area contributed by atoms with Crippen LogP contribution in [0.1, 0.15) is 35.7 Å². The monoisotopic (exact) mass is 376 g/mol. The number of likely N-dealkylation sites (tertiary alicyclic amines) is 1. The molecule has 0 N–H and O–H groups in total. The van der Waals surface area contributed by atoms with E-state index >= 15 is 0 Å². The van der Waals surface area contributed by atoms with Crippen LogP contribution in [0.25, 0.3) is 0 Å². The van der Waals surface area contributed by atoms with Gasteiger partial charge in [-0.3, -0.25) is 4.90 Å². The first-order valence-corrected chi connectivity index (χ1v) is 10.2. The summed E-state index contributed by atoms with van der Waals surface area (Å²) < 4.78 is 7.63. The van der Waals surface area contributed by atoms with E-state index in [0.29, 0.717) is 19.3 Å². The zero-order valence-corrected chi connectivity index (χ0v) is 16.3. The second kappa shape index (κ2) is 9.62. The van der Waals surface area contributed by atoms with Gasteiger partial charge in [-0.05, 0) is 30.5 Å². The van der Waals surface area contributed by atoms with Gasteiger partial charge in [0.1, 0.15) is 0 Å². The molecule has 3 aromatic rings. The molecule has 0 amide bonds. The highest BCUT2D eigenvalue weighted by atomic mass is 16.5. The van der Waals surface area contributed by atoms with Crippen LogP contribution in [-0.4, -0.2) is 39.6 Å². The molecule has 0 unspecified atom stereocenters. The molecule has 2 aromatic carbocycles. The van der Waals surface area contributed by atoms with E-state index in [2.05, 4.69) is 63.9 Å². The second-order valence-corrected chi connectivity index (χ2v) is 7.37. The van der Waals surface area contributed by atoms with Crippen molar-refractivity contribution < 1.29 is 4.74 Å². The molecule has 4 rings (SSSR count). The molecular formula is C23H28N4O. The van der Waals surface area contributed by atoms with Gasteiger partial charge in [-0.25, -0.2) is 4.68 Å². The molecule has 0 spiro atoms. The Hall–Kier alpha value is -2.50. The van der Waals surface area contributed by atoms with Crippen molar-refractivity contribution in [1.29, 1.82) is 0 Å². The van der Waals surface area contributed by atoms with Crippen LogP contribution in [0.4, 0.5) is 0 Å². The molecule has 0 saturated carbocycles. The van der Waals surface area contributed by atoms with Gasteiger partial charge in [-0.15, -0.1) is 5.10 Å². The summed E-state index contributed by atoms with van der Waals surface area (Å²) in [5, 5.41) is 8.59. The SMILES string of the molecule is c1ccc(COCCn2cc(CCN3CCC[C@H]3c3ccccc3)nn2)cc1. The van der Waals surface area contributed by atoms with Crippen molar-refractivity contribution in [3.8, 4) is 0 Å². The van der Waals surface area contributed by atoms with Crippen LogP contribution in [0, 0.1) is 0 Å². The molecule has 5 heteroatoms. The summed E-state index contributed by atoms with van der Waals surface area (Å²) in [5.74, 6) is 0. The van der Waals surface area contributed by atoms with Crippen molar-refractivity contribution in [2.75, 3.05) is 19.7 Å². The number of nitrogens with zero attached hydrogens (tertiary/aromatic N) is 4. The smallest absolute Gasteiger partial charge is 0.0839 e. The highest BCUT2D eigenvalue weighted by Gasteiger charge is 2.25. The van der Waals surface area contributed by atoms with Gasteiger partial charge in [0.2, 0.25) is 0 Å². The summed E-state index contributed by atoms with van der Waals surface area (Å²) in [4.78, 5) is 2.58. The van der Waals surface area contributed by atoms with Gasteiger partial charge >= 0.3 is 0 Å². The number of benzene rings is 2. The van der Waals surface area contributed by atoms with E-state index in [1.165, 1.54) is 30.5 Å². The molecule has 28 heavy (non-hydrogen) atoms. The largest absolute Gasteiger partial charge is 0.375 e. The van der Waals surface area contributed by atoms with Crippen molar-refractivity contribution >= 4 is 0 Å². The van der Waals surface area contributed by atoms with Crippen LogP contribution in [0.3, 0.4) is 0 Å². The molecule has 0 aliphatic carbocycles. The molecule has 1 fully saturated rings. The first-order chi connectivity index (χ1) is 13.9. The Balaban J connectivity index is 1.21. The lowest BCUT2D eigenvalue weighted by Gasteiger charge is -2.24. The molecule has 1 aliphatic heterocycles. The topological polar surface area (TPSA) is 43.2 Å². The van der Waals surface area contributed by atoms with Crippen LogP contribution in [0.2, 0.25) is 0 Å². The van der Waals surface area contributed by atoms with Gasteiger partial charge < -0.3 is 4.74 Å². The molecule has 1 saturated heterocycles. The zero-order valence-electron chi connectivity index (χ0n) is 16.3. The summed E-state index contributed by atoms with van der Waals surface area (Å²) >= 11 is 0. The van der Waals surface area contributed by atoms with Crippen molar-refractivity contribution in [2.24, 2.45) is 0 Å². The van der Waals surface area contributed by atoms with Gasteiger partial charge in [0.05, 0.1) is 25.5 Å². The highest BCUT2D eigenvalue weighted by Crippen LogP contribution is 2.31. The number of ether oxygens (including phenoxy) is 1. The summed E-state index contributed by atoms with van der Waals surface area (Å²) in [7, 11) is 0. The van der Waals surface area contributed by atoms with E-state index < -0.39 is 0 Å². The average molecular weight is 377 g/mol. The van der Waals surface area contributed by atoms with E-state index in [4.69, 9.17) is 4.74 Å². The molecule has 146 valence electrons. The van der Waals surface area contributed by atoms with Crippen LogP contribution >= 0.6 is 0 Å². The molecule has 1 atom stereocenters. The van der Waals surface area contributed by atoms with E-state index in [9.17, 15) is 0 Å². The lowest BCUT2D eigenvalue weighted by Crippen LogP contribution is -2.25. The Labute approximate surface area is 166 Å². The van der Waals surface area contributed by atoms with Crippen molar-refractivity contribution in [2.45, 2.75) is 38.5 Å². The van der Waals surface area contributed by atoms with Gasteiger partial charge in [-0.2, -0.15) is 0 Å². The third kappa shape index (κ3) is 5.06. The van der Waals surface area contributed by atoms with Crippen molar-refractivity contribution in [1.82, 2.24) is 19.9 Å². The first-order valence-electron chi connectivity index (χ1n) is 10.2. The maximum absolute atomic E-state index is 5.74. The van der Waals surface area contributed by atoms with Gasteiger partial charge in [0.25, 0.3) is 0 Å². The molecular weight excluding hydrogens is 348 g/mol. The minimum atomic E-state index is 0.544. The Morgan fingerprint density at radius 2 is 1.75 bits per heavy atom. The minimum absolute atomic E-state index is 0.544. The molecule has 1 aromatic heterocycles. The normalized spacial score (nSPS) is 17.2. The number of rotatable bonds is 9. The maximum atomic E-state index is 5.74. The summed E-state index contributed by atoms with van der Waals surface area (Å²) in [6.45, 7) is 4.21. The third-order valence-electron chi connectivity index (χ3n) is 5.37. The van der Waals surface area contributed by atoms with Crippen LogP contribution in [0.15, 0.2) is 66.9 Å². The fourth-order valence-corrected chi connectivity index (χ4v) is 3.89. The predicted octanol–water partition coefficient (Wildman–Crippen LogP) is 3.87. The number of aromatic nitrogens is 3. The third-order valence-corrected chi connectivity index (χ3v) is 5.37. The molecule has 2 heterocycles. The van der Waals surface area contributed by atoms with Gasteiger partial charge in [0, 0.05) is 25.2 Å². The fraction of sp³-hybridized carbons (Fsp3) is 0.391. The van der Waals surface area contributed by atoms with E-state index in [0.717, 1.165) is 25.2 Å². The van der Waals surface area contributed by atoms with Crippen LogP contribution in [-0.2, 0) is 24.3 Å². The first kappa shape index (κ1) is 18.8. The summed E-state index contributed by atoms with van der Waals surface area (Å²) in [6.07, 6.45) is 5.51. The predicted molar refractivity (Wildman–Crippen MR) is 110 cm³/mol. The van der Waals surface area contributed by atoms with Gasteiger partial charge in [0.15, 0.2) is 0 Å². The highest BCUT2D eigenvalue weighted by molar-refractivity contribution is 5.20. The molecule has 1 aliphatic rings. The summed E-state index contributed by atoms with van der Waals surface area (Å²) in [5.41, 5.74) is 3.68. The quantitative estimate of drug-likeness (QED) is 0.532. The van der Waals surface area contributed by atoms with E-state index in [1.54, 1.807) is 0 Å².